The maximum Gasteiger partial charge on any atom is 0.335 e. The van der Waals surface area contributed by atoms with Crippen LogP contribution >= 0.6 is 0 Å². The number of carboxylic acids is 1. The van der Waals surface area contributed by atoms with Crippen LogP contribution in [0, 0.1) is 5.92 Å². The maximum absolute atomic E-state index is 12.8. The van der Waals surface area contributed by atoms with Crippen LogP contribution in [0.15, 0.2) is 24.3 Å². The number of carbonyl (C=O) groups is 2. The number of hydrogen-bond donors (Lipinski definition) is 1. The van der Waals surface area contributed by atoms with Gasteiger partial charge in [0, 0.05) is 12.6 Å². The van der Waals surface area contributed by atoms with E-state index in [9.17, 15) is 14.7 Å². The minimum Gasteiger partial charge on any atom is -0.478 e. The van der Waals surface area contributed by atoms with E-state index < -0.39 is 5.97 Å². The summed E-state index contributed by atoms with van der Waals surface area (Å²) in [5.41, 5.74) is 0.869. The van der Waals surface area contributed by atoms with Crippen molar-refractivity contribution in [2.45, 2.75) is 57.4 Å². The van der Waals surface area contributed by atoms with E-state index in [1.165, 1.54) is 32.1 Å². The molecule has 1 N–H and O–H groups in total. The first kappa shape index (κ1) is 16.0. The number of aromatic carboxylic acids is 1. The molecule has 1 unspecified atom stereocenters. The van der Waals surface area contributed by atoms with E-state index in [1.54, 1.807) is 24.3 Å². The fraction of sp³-hybridized carbons (Fsp3) is 0.579. The third-order valence-corrected chi connectivity index (χ3v) is 5.40. The molecule has 4 heteroatoms. The molecule has 0 aromatic heterocycles. The van der Waals surface area contributed by atoms with E-state index in [0.29, 0.717) is 17.5 Å². The lowest BCUT2D eigenvalue weighted by Crippen LogP contribution is -2.41. The lowest BCUT2D eigenvalue weighted by molar-refractivity contribution is -0.132. The van der Waals surface area contributed by atoms with Gasteiger partial charge in [-0.05, 0) is 43.2 Å². The van der Waals surface area contributed by atoms with Crippen LogP contribution in [0.5, 0.6) is 0 Å². The molecule has 0 bridgehead atoms. The molecule has 2 fully saturated rings. The molecule has 0 radical (unpaired) electrons. The zero-order valence-corrected chi connectivity index (χ0v) is 13.5. The third-order valence-electron chi connectivity index (χ3n) is 5.40. The molecule has 4 nitrogen and oxygen atoms in total. The average Bonchev–Trinajstić information content (AvgIpc) is 3.05. The molecular weight excluding hydrogens is 290 g/mol. The molecule has 1 amide bonds. The topological polar surface area (TPSA) is 57.6 Å². The quantitative estimate of drug-likeness (QED) is 0.925. The molecule has 1 atom stereocenters. The van der Waals surface area contributed by atoms with Crippen LogP contribution in [0.4, 0.5) is 0 Å². The van der Waals surface area contributed by atoms with Crippen LogP contribution in [0.3, 0.4) is 0 Å². The summed E-state index contributed by atoms with van der Waals surface area (Å²) in [7, 11) is 0. The first-order chi connectivity index (χ1) is 11.2. The third kappa shape index (κ3) is 3.57. The maximum atomic E-state index is 12.8. The van der Waals surface area contributed by atoms with Crippen molar-refractivity contribution >= 4 is 11.9 Å². The predicted octanol–water partition coefficient (Wildman–Crippen LogP) is 3.50. The standard InChI is InChI=1S/C19H25NO3/c21-18(13-15-9-4-5-10-16(15)19(22)23)20-12-6-11-17(20)14-7-2-1-3-8-14/h4-5,9-10,14,17H,1-3,6-8,11-13H2,(H,22,23). The minimum absolute atomic E-state index is 0.0896. The van der Waals surface area contributed by atoms with E-state index in [1.807, 2.05) is 4.90 Å². The molecule has 3 rings (SSSR count). The van der Waals surface area contributed by atoms with Gasteiger partial charge in [0.05, 0.1) is 12.0 Å². The van der Waals surface area contributed by atoms with Crippen molar-refractivity contribution in [3.63, 3.8) is 0 Å². The van der Waals surface area contributed by atoms with Crippen molar-refractivity contribution in [2.24, 2.45) is 5.92 Å². The summed E-state index contributed by atoms with van der Waals surface area (Å²) in [5.74, 6) is -0.227. The van der Waals surface area contributed by atoms with Crippen molar-refractivity contribution in [3.8, 4) is 0 Å². The fourth-order valence-corrected chi connectivity index (χ4v) is 4.26. The highest BCUT2D eigenvalue weighted by Crippen LogP contribution is 2.34. The average molecular weight is 315 g/mol. The summed E-state index contributed by atoms with van der Waals surface area (Å²) < 4.78 is 0. The van der Waals surface area contributed by atoms with Crippen LogP contribution in [-0.2, 0) is 11.2 Å². The Morgan fingerprint density at radius 1 is 1.04 bits per heavy atom. The normalized spacial score (nSPS) is 22.3. The number of carboxylic acid groups (broad SMARTS) is 1. The lowest BCUT2D eigenvalue weighted by atomic mass is 9.83. The Kier molecular flexibility index (Phi) is 4.99. The van der Waals surface area contributed by atoms with Gasteiger partial charge in [-0.15, -0.1) is 0 Å². The van der Waals surface area contributed by atoms with E-state index >= 15 is 0 Å². The largest absolute Gasteiger partial charge is 0.478 e. The molecular formula is C19H25NO3. The first-order valence-electron chi connectivity index (χ1n) is 8.77. The highest BCUT2D eigenvalue weighted by molar-refractivity contribution is 5.91. The SMILES string of the molecule is O=C(O)c1ccccc1CC(=O)N1CCCC1C1CCCCC1. The van der Waals surface area contributed by atoms with E-state index in [2.05, 4.69) is 0 Å². The number of rotatable bonds is 4. The zero-order chi connectivity index (χ0) is 16.2. The molecule has 1 saturated heterocycles. The van der Waals surface area contributed by atoms with Gasteiger partial charge in [0.1, 0.15) is 0 Å². The molecule has 1 heterocycles. The van der Waals surface area contributed by atoms with Crippen molar-refractivity contribution in [1.82, 2.24) is 4.90 Å². The van der Waals surface area contributed by atoms with Crippen LogP contribution in [0.25, 0.3) is 0 Å². The second-order valence-corrected chi connectivity index (χ2v) is 6.83. The zero-order valence-electron chi connectivity index (χ0n) is 13.5. The highest BCUT2D eigenvalue weighted by atomic mass is 16.4. The van der Waals surface area contributed by atoms with Gasteiger partial charge in [0.25, 0.3) is 0 Å². The molecule has 1 aliphatic heterocycles. The van der Waals surface area contributed by atoms with Gasteiger partial charge in [0.2, 0.25) is 5.91 Å². The summed E-state index contributed by atoms with van der Waals surface area (Å²) in [5, 5.41) is 9.27. The van der Waals surface area contributed by atoms with Crippen LogP contribution in [0.2, 0.25) is 0 Å². The van der Waals surface area contributed by atoms with Gasteiger partial charge in [-0.3, -0.25) is 4.79 Å². The fourth-order valence-electron chi connectivity index (χ4n) is 4.26. The Bertz CT molecular complexity index is 578. The monoisotopic (exact) mass is 315 g/mol. The Morgan fingerprint density at radius 3 is 2.52 bits per heavy atom. The number of benzene rings is 1. The Balaban J connectivity index is 1.71. The number of likely N-dealkylation sites (tertiary alicyclic amines) is 1. The highest BCUT2D eigenvalue weighted by Gasteiger charge is 2.35. The Morgan fingerprint density at radius 2 is 1.78 bits per heavy atom. The molecule has 2 aliphatic rings. The number of hydrogen-bond acceptors (Lipinski definition) is 2. The molecule has 124 valence electrons. The van der Waals surface area contributed by atoms with Crippen LogP contribution in [-0.4, -0.2) is 34.5 Å². The number of nitrogens with zero attached hydrogens (tertiary/aromatic N) is 1. The van der Waals surface area contributed by atoms with Gasteiger partial charge < -0.3 is 10.0 Å². The number of carbonyl (C=O) groups excluding carboxylic acids is 1. The van der Waals surface area contributed by atoms with Gasteiger partial charge >= 0.3 is 5.97 Å². The van der Waals surface area contributed by atoms with Crippen LogP contribution in [0.1, 0.15) is 60.9 Å². The van der Waals surface area contributed by atoms with Crippen LogP contribution < -0.4 is 0 Å². The van der Waals surface area contributed by atoms with E-state index in [0.717, 1.165) is 19.4 Å². The van der Waals surface area contributed by atoms with Crippen molar-refractivity contribution in [3.05, 3.63) is 35.4 Å². The second-order valence-electron chi connectivity index (χ2n) is 6.83. The summed E-state index contributed by atoms with van der Waals surface area (Å²) in [6, 6.07) is 7.22. The lowest BCUT2D eigenvalue weighted by Gasteiger charge is -2.34. The van der Waals surface area contributed by atoms with Crippen molar-refractivity contribution in [1.29, 1.82) is 0 Å². The first-order valence-corrected chi connectivity index (χ1v) is 8.77. The Hall–Kier alpha value is -1.84. The minimum atomic E-state index is -0.960. The molecule has 0 spiro atoms. The molecule has 1 aromatic carbocycles. The van der Waals surface area contributed by atoms with Gasteiger partial charge in [-0.1, -0.05) is 37.5 Å². The van der Waals surface area contributed by atoms with Gasteiger partial charge in [0.15, 0.2) is 0 Å². The van der Waals surface area contributed by atoms with E-state index in [-0.39, 0.29) is 17.9 Å². The predicted molar refractivity (Wildman–Crippen MR) is 88.4 cm³/mol. The summed E-state index contributed by atoms with van der Waals surface area (Å²) in [4.78, 5) is 26.1. The van der Waals surface area contributed by atoms with Gasteiger partial charge in [-0.25, -0.2) is 4.79 Å². The molecule has 1 aliphatic carbocycles. The van der Waals surface area contributed by atoms with Crippen molar-refractivity contribution < 1.29 is 14.7 Å². The summed E-state index contributed by atoms with van der Waals surface area (Å²) in [6.07, 6.45) is 8.75. The Labute approximate surface area is 137 Å². The summed E-state index contributed by atoms with van der Waals surface area (Å²) in [6.45, 7) is 0.829. The number of amides is 1. The summed E-state index contributed by atoms with van der Waals surface area (Å²) >= 11 is 0. The van der Waals surface area contributed by atoms with E-state index in [4.69, 9.17) is 0 Å². The molecule has 23 heavy (non-hydrogen) atoms. The van der Waals surface area contributed by atoms with Gasteiger partial charge in [-0.2, -0.15) is 0 Å². The second kappa shape index (κ2) is 7.16. The smallest absolute Gasteiger partial charge is 0.335 e. The molecule has 1 aromatic rings. The van der Waals surface area contributed by atoms with Crippen molar-refractivity contribution in [2.75, 3.05) is 6.54 Å². The molecule has 1 saturated carbocycles.